The first-order chi connectivity index (χ1) is 31.3. The summed E-state index contributed by atoms with van der Waals surface area (Å²) in [5, 5.41) is 4.85. The van der Waals surface area contributed by atoms with Crippen LogP contribution in [0, 0.1) is 0 Å². The average molecular weight is 801 g/mol. The number of aromatic nitrogens is 2. The first-order valence-electron chi connectivity index (χ1n) is 21.7. The highest BCUT2D eigenvalue weighted by atomic mass is 14.9. The van der Waals surface area contributed by atoms with E-state index in [1.807, 2.05) is 24.3 Å². The van der Waals surface area contributed by atoms with Gasteiger partial charge in [0, 0.05) is 16.7 Å². The van der Waals surface area contributed by atoms with Crippen molar-refractivity contribution in [3.63, 3.8) is 0 Å². The van der Waals surface area contributed by atoms with Gasteiger partial charge in [-0.2, -0.15) is 0 Å². The molecule has 2 nitrogen and oxygen atoms in total. The van der Waals surface area contributed by atoms with E-state index in [9.17, 15) is 0 Å². The Morgan fingerprint density at radius 2 is 0.794 bits per heavy atom. The van der Waals surface area contributed by atoms with Crippen molar-refractivity contribution in [3.05, 3.63) is 265 Å². The maximum atomic E-state index is 5.20. The molecule has 0 spiro atoms. The van der Waals surface area contributed by atoms with E-state index >= 15 is 0 Å². The van der Waals surface area contributed by atoms with E-state index in [0.29, 0.717) is 5.82 Å². The third-order valence-corrected chi connectivity index (χ3v) is 13.0. The van der Waals surface area contributed by atoms with E-state index in [4.69, 9.17) is 9.97 Å². The van der Waals surface area contributed by atoms with Crippen LogP contribution >= 0.6 is 0 Å². The first-order valence-corrected chi connectivity index (χ1v) is 21.7. The molecule has 11 aromatic rings. The first kappa shape index (κ1) is 36.6. The minimum Gasteiger partial charge on any atom is -0.228 e. The van der Waals surface area contributed by atoms with Crippen LogP contribution in [0.4, 0.5) is 0 Å². The lowest BCUT2D eigenvalue weighted by Gasteiger charge is -2.34. The van der Waals surface area contributed by atoms with Crippen LogP contribution in [0.1, 0.15) is 22.3 Å². The number of hydrogen-bond acceptors (Lipinski definition) is 2. The molecule has 0 N–H and O–H groups in total. The summed E-state index contributed by atoms with van der Waals surface area (Å²) in [7, 11) is 0. The van der Waals surface area contributed by atoms with Crippen molar-refractivity contribution in [3.8, 4) is 67.3 Å². The summed E-state index contributed by atoms with van der Waals surface area (Å²) < 4.78 is 0. The van der Waals surface area contributed by atoms with Crippen molar-refractivity contribution in [2.24, 2.45) is 0 Å². The molecule has 0 aliphatic heterocycles. The predicted octanol–water partition coefficient (Wildman–Crippen LogP) is 15.5. The Morgan fingerprint density at radius 1 is 0.286 bits per heavy atom. The predicted molar refractivity (Wildman–Crippen MR) is 262 cm³/mol. The van der Waals surface area contributed by atoms with Crippen molar-refractivity contribution in [2.45, 2.75) is 5.41 Å². The second kappa shape index (κ2) is 15.1. The molecule has 0 bridgehead atoms. The molecule has 0 radical (unpaired) electrons. The molecule has 1 aliphatic carbocycles. The molecule has 1 heterocycles. The van der Waals surface area contributed by atoms with E-state index < -0.39 is 5.41 Å². The Kier molecular flexibility index (Phi) is 8.76. The lowest BCUT2D eigenvalue weighted by molar-refractivity contribution is 0.769. The highest BCUT2D eigenvalue weighted by molar-refractivity contribution is 6.09. The SMILES string of the molecule is c1ccc(-c2cc(-c3ccc(-c4ccc(-c5cccc6c5-c5c(ccc7ccccc57)C6(c5ccccc5)c5ccccc5)cc4)c4ccccc34)nc(-c3ccccc3)n2)cc1. The van der Waals surface area contributed by atoms with Gasteiger partial charge in [-0.25, -0.2) is 9.97 Å². The fourth-order valence-electron chi connectivity index (χ4n) is 10.2. The lowest BCUT2D eigenvalue weighted by Crippen LogP contribution is -2.28. The summed E-state index contributed by atoms with van der Waals surface area (Å²) in [6.07, 6.45) is 0. The van der Waals surface area contributed by atoms with Gasteiger partial charge in [-0.05, 0) is 83.2 Å². The zero-order valence-electron chi connectivity index (χ0n) is 34.5. The van der Waals surface area contributed by atoms with Crippen LogP contribution in [0.2, 0.25) is 0 Å². The zero-order valence-corrected chi connectivity index (χ0v) is 34.5. The van der Waals surface area contributed by atoms with Crippen LogP contribution in [0.25, 0.3) is 88.8 Å². The molecule has 1 aliphatic rings. The van der Waals surface area contributed by atoms with Crippen molar-refractivity contribution in [2.75, 3.05) is 0 Å². The van der Waals surface area contributed by atoms with Gasteiger partial charge in [-0.15, -0.1) is 0 Å². The molecule has 63 heavy (non-hydrogen) atoms. The summed E-state index contributed by atoms with van der Waals surface area (Å²) in [4.78, 5) is 10.3. The molecule has 0 unspecified atom stereocenters. The number of benzene rings is 10. The Balaban J connectivity index is 1.01. The van der Waals surface area contributed by atoms with Crippen LogP contribution in [0.15, 0.2) is 243 Å². The quantitative estimate of drug-likeness (QED) is 0.160. The molecule has 0 atom stereocenters. The monoisotopic (exact) mass is 800 g/mol. The van der Waals surface area contributed by atoms with Gasteiger partial charge in [0.05, 0.1) is 16.8 Å². The largest absolute Gasteiger partial charge is 0.228 e. The maximum absolute atomic E-state index is 5.20. The summed E-state index contributed by atoms with van der Waals surface area (Å²) in [5.41, 5.74) is 17.0. The van der Waals surface area contributed by atoms with Crippen LogP contribution in [0.3, 0.4) is 0 Å². The molecule has 1 aromatic heterocycles. The highest BCUT2D eigenvalue weighted by Gasteiger charge is 2.47. The van der Waals surface area contributed by atoms with Crippen molar-refractivity contribution >= 4 is 21.5 Å². The number of nitrogens with zero attached hydrogens (tertiary/aromatic N) is 2. The van der Waals surface area contributed by atoms with Gasteiger partial charge in [-0.3, -0.25) is 0 Å². The lowest BCUT2D eigenvalue weighted by atomic mass is 9.67. The number of hydrogen-bond donors (Lipinski definition) is 0. The van der Waals surface area contributed by atoms with E-state index in [2.05, 4.69) is 218 Å². The molecule has 0 saturated carbocycles. The van der Waals surface area contributed by atoms with E-state index in [-0.39, 0.29) is 0 Å². The zero-order chi connectivity index (χ0) is 41.7. The van der Waals surface area contributed by atoms with Crippen LogP contribution in [-0.4, -0.2) is 9.97 Å². The molecule has 0 amide bonds. The van der Waals surface area contributed by atoms with E-state index in [1.165, 1.54) is 71.8 Å². The van der Waals surface area contributed by atoms with Gasteiger partial charge in [-0.1, -0.05) is 237 Å². The van der Waals surface area contributed by atoms with Gasteiger partial charge in [0.1, 0.15) is 0 Å². The minimum atomic E-state index is -0.485. The third-order valence-electron chi connectivity index (χ3n) is 13.0. The van der Waals surface area contributed by atoms with Gasteiger partial charge in [0.15, 0.2) is 5.82 Å². The molecule has 294 valence electrons. The van der Waals surface area contributed by atoms with Crippen molar-refractivity contribution < 1.29 is 0 Å². The second-order valence-electron chi connectivity index (χ2n) is 16.4. The van der Waals surface area contributed by atoms with Crippen LogP contribution in [0.5, 0.6) is 0 Å². The van der Waals surface area contributed by atoms with Crippen molar-refractivity contribution in [1.29, 1.82) is 0 Å². The summed E-state index contributed by atoms with van der Waals surface area (Å²) in [6.45, 7) is 0. The average Bonchev–Trinajstić information content (AvgIpc) is 3.69. The topological polar surface area (TPSA) is 25.8 Å². The van der Waals surface area contributed by atoms with Gasteiger partial charge < -0.3 is 0 Å². The standard InChI is InChI=1S/C61H40N2/c1-5-19-44(20-6-1)56-40-57(63-60(62-56)45-21-7-2-8-22-45)53-38-37-48(51-28-15-16-29-52(51)53)42-32-34-43(35-33-42)50-30-17-31-54-58(50)59-49-27-14-13-18-41(49)36-39-55(59)61(54,46-23-9-3-10-24-46)47-25-11-4-12-26-47/h1-40H. The minimum absolute atomic E-state index is 0.485. The van der Waals surface area contributed by atoms with Gasteiger partial charge >= 0.3 is 0 Å². The van der Waals surface area contributed by atoms with Crippen LogP contribution < -0.4 is 0 Å². The molecule has 0 saturated heterocycles. The third kappa shape index (κ3) is 5.95. The molecule has 0 fully saturated rings. The summed E-state index contributed by atoms with van der Waals surface area (Å²) in [6, 6.07) is 87.8. The molecule has 2 heteroatoms. The number of rotatable bonds is 7. The molecule has 10 aromatic carbocycles. The highest BCUT2D eigenvalue weighted by Crippen LogP contribution is 2.60. The maximum Gasteiger partial charge on any atom is 0.160 e. The van der Waals surface area contributed by atoms with E-state index in [0.717, 1.165) is 33.5 Å². The Morgan fingerprint density at radius 3 is 1.46 bits per heavy atom. The second-order valence-corrected chi connectivity index (χ2v) is 16.4. The normalized spacial score (nSPS) is 12.6. The Bertz CT molecular complexity index is 3370. The summed E-state index contributed by atoms with van der Waals surface area (Å²) >= 11 is 0. The Labute approximate surface area is 367 Å². The van der Waals surface area contributed by atoms with E-state index in [1.54, 1.807) is 0 Å². The molecular formula is C61H40N2. The smallest absolute Gasteiger partial charge is 0.160 e. The Hall–Kier alpha value is -8.20. The number of fused-ring (bicyclic) bond motifs is 6. The summed E-state index contributed by atoms with van der Waals surface area (Å²) in [5.74, 6) is 0.712. The fourth-order valence-corrected chi connectivity index (χ4v) is 10.2. The van der Waals surface area contributed by atoms with Gasteiger partial charge in [0.2, 0.25) is 0 Å². The fraction of sp³-hybridized carbons (Fsp3) is 0.0164. The molecular weight excluding hydrogens is 761 g/mol. The van der Waals surface area contributed by atoms with Crippen LogP contribution in [-0.2, 0) is 5.41 Å². The molecule has 12 rings (SSSR count). The van der Waals surface area contributed by atoms with Crippen molar-refractivity contribution in [1.82, 2.24) is 9.97 Å². The van der Waals surface area contributed by atoms with Gasteiger partial charge in [0.25, 0.3) is 0 Å².